The monoisotopic (exact) mass is 422 g/mol. The second-order valence-corrected chi connectivity index (χ2v) is 8.20. The van der Waals surface area contributed by atoms with E-state index in [0.717, 1.165) is 12.8 Å². The molecule has 1 fully saturated rings. The molecule has 164 valence electrons. The molecule has 0 heterocycles. The topological polar surface area (TPSA) is 9.23 Å². The van der Waals surface area contributed by atoms with Crippen molar-refractivity contribution in [2.75, 3.05) is 0 Å². The molecule has 5 heteroatoms. The van der Waals surface area contributed by atoms with Crippen molar-refractivity contribution in [3.63, 3.8) is 0 Å². The van der Waals surface area contributed by atoms with Crippen molar-refractivity contribution in [3.8, 4) is 0 Å². The summed E-state index contributed by atoms with van der Waals surface area (Å²) < 4.78 is 62.9. The van der Waals surface area contributed by atoms with E-state index < -0.39 is 23.3 Å². The fourth-order valence-corrected chi connectivity index (χ4v) is 4.24. The summed E-state index contributed by atoms with van der Waals surface area (Å²) >= 11 is 0. The summed E-state index contributed by atoms with van der Waals surface area (Å²) in [5, 5.41) is 0. The third kappa shape index (κ3) is 5.05. The fourth-order valence-electron chi connectivity index (χ4n) is 4.24. The third-order valence-corrected chi connectivity index (χ3v) is 6.20. The lowest BCUT2D eigenvalue weighted by atomic mass is 9.82. The number of hydrogen-bond donors (Lipinski definition) is 0. The zero-order valence-corrected chi connectivity index (χ0v) is 17.7. The lowest BCUT2D eigenvalue weighted by molar-refractivity contribution is 0.0116. The molecule has 0 aromatic heterocycles. The molecule has 1 nitrogen and oxygen atoms in total. The highest BCUT2D eigenvalue weighted by atomic mass is 19.2. The van der Waals surface area contributed by atoms with Crippen molar-refractivity contribution in [2.24, 2.45) is 0 Å². The summed E-state index contributed by atoms with van der Waals surface area (Å²) in [5.41, 5.74) is 1.45. The van der Waals surface area contributed by atoms with Crippen LogP contribution in [0.3, 0.4) is 0 Å². The minimum Gasteiger partial charge on any atom is -0.373 e. The molecule has 2 aromatic carbocycles. The largest absolute Gasteiger partial charge is 0.373 e. The van der Waals surface area contributed by atoms with Crippen LogP contribution < -0.4 is 0 Å². The SMILES string of the molecule is CCCCc1ccc(C2CCC(OCc3ccc(CC)c(F)c3F)CC2)c(F)c1F. The van der Waals surface area contributed by atoms with Crippen molar-refractivity contribution in [2.45, 2.75) is 83.8 Å². The minimum absolute atomic E-state index is 0.0111. The number of halogens is 4. The maximum absolute atomic E-state index is 14.6. The highest BCUT2D eigenvalue weighted by molar-refractivity contribution is 5.30. The van der Waals surface area contributed by atoms with Gasteiger partial charge in [-0.15, -0.1) is 0 Å². The van der Waals surface area contributed by atoms with Crippen LogP contribution in [0, 0.1) is 23.3 Å². The average molecular weight is 423 g/mol. The molecule has 0 saturated heterocycles. The number of rotatable bonds is 8. The Hall–Kier alpha value is -1.88. The van der Waals surface area contributed by atoms with Gasteiger partial charge in [0.05, 0.1) is 12.7 Å². The molecule has 0 unspecified atom stereocenters. The van der Waals surface area contributed by atoms with Gasteiger partial charge in [-0.3, -0.25) is 0 Å². The van der Waals surface area contributed by atoms with Gasteiger partial charge in [0.15, 0.2) is 23.3 Å². The van der Waals surface area contributed by atoms with Gasteiger partial charge in [-0.1, -0.05) is 44.5 Å². The van der Waals surface area contributed by atoms with Crippen LogP contribution in [0.15, 0.2) is 24.3 Å². The second kappa shape index (κ2) is 10.4. The predicted molar refractivity (Wildman–Crippen MR) is 110 cm³/mol. The number of hydrogen-bond acceptors (Lipinski definition) is 1. The number of unbranched alkanes of at least 4 members (excludes halogenated alkanes) is 1. The molecule has 0 aliphatic heterocycles. The summed E-state index contributed by atoms with van der Waals surface area (Å²) in [6, 6.07) is 6.60. The first-order valence-electron chi connectivity index (χ1n) is 11.0. The highest BCUT2D eigenvalue weighted by Gasteiger charge is 2.27. The molecular weight excluding hydrogens is 392 g/mol. The van der Waals surface area contributed by atoms with Gasteiger partial charge in [0.25, 0.3) is 0 Å². The van der Waals surface area contributed by atoms with Gasteiger partial charge < -0.3 is 4.74 Å². The Morgan fingerprint density at radius 3 is 2.03 bits per heavy atom. The molecule has 3 rings (SSSR count). The molecule has 1 saturated carbocycles. The smallest absolute Gasteiger partial charge is 0.164 e. The van der Waals surface area contributed by atoms with Crippen LogP contribution in [0.2, 0.25) is 0 Å². The van der Waals surface area contributed by atoms with Crippen molar-refractivity contribution < 1.29 is 22.3 Å². The highest BCUT2D eigenvalue weighted by Crippen LogP contribution is 2.37. The molecule has 0 bridgehead atoms. The molecular formula is C25H30F4O. The van der Waals surface area contributed by atoms with E-state index in [4.69, 9.17) is 4.74 Å². The van der Waals surface area contributed by atoms with Gasteiger partial charge in [0, 0.05) is 5.56 Å². The first-order valence-corrected chi connectivity index (χ1v) is 11.0. The quantitative estimate of drug-likeness (QED) is 0.403. The van der Waals surface area contributed by atoms with E-state index in [1.54, 1.807) is 31.2 Å². The zero-order valence-electron chi connectivity index (χ0n) is 17.7. The summed E-state index contributed by atoms with van der Waals surface area (Å²) in [6.45, 7) is 3.81. The predicted octanol–water partition coefficient (Wildman–Crippen LogP) is 7.39. The van der Waals surface area contributed by atoms with Crippen LogP contribution in [0.4, 0.5) is 17.6 Å². The van der Waals surface area contributed by atoms with E-state index >= 15 is 0 Å². The van der Waals surface area contributed by atoms with E-state index in [0.29, 0.717) is 55.2 Å². The third-order valence-electron chi connectivity index (χ3n) is 6.20. The molecule has 0 radical (unpaired) electrons. The number of benzene rings is 2. The molecule has 0 atom stereocenters. The molecule has 2 aromatic rings. The Bertz CT molecular complexity index is 857. The number of aryl methyl sites for hydroxylation is 2. The van der Waals surface area contributed by atoms with Gasteiger partial charge in [-0.25, -0.2) is 17.6 Å². The fraction of sp³-hybridized carbons (Fsp3) is 0.520. The van der Waals surface area contributed by atoms with Crippen molar-refractivity contribution in [3.05, 3.63) is 69.8 Å². The van der Waals surface area contributed by atoms with Crippen LogP contribution in [0.25, 0.3) is 0 Å². The average Bonchev–Trinajstić information content (AvgIpc) is 2.76. The lowest BCUT2D eigenvalue weighted by Crippen LogP contribution is -2.22. The van der Waals surface area contributed by atoms with Crippen molar-refractivity contribution >= 4 is 0 Å². The first-order chi connectivity index (χ1) is 14.5. The maximum Gasteiger partial charge on any atom is 0.164 e. The molecule has 30 heavy (non-hydrogen) atoms. The first kappa shape index (κ1) is 22.8. The van der Waals surface area contributed by atoms with E-state index in [1.165, 1.54) is 0 Å². The van der Waals surface area contributed by atoms with E-state index in [2.05, 4.69) is 0 Å². The van der Waals surface area contributed by atoms with Crippen LogP contribution in [-0.2, 0) is 24.2 Å². The summed E-state index contributed by atoms with van der Waals surface area (Å²) in [4.78, 5) is 0. The van der Waals surface area contributed by atoms with Crippen LogP contribution in [-0.4, -0.2) is 6.10 Å². The van der Waals surface area contributed by atoms with Crippen LogP contribution in [0.5, 0.6) is 0 Å². The zero-order chi connectivity index (χ0) is 21.7. The van der Waals surface area contributed by atoms with Gasteiger partial charge in [0.2, 0.25) is 0 Å². The molecule has 0 N–H and O–H groups in total. The van der Waals surface area contributed by atoms with Crippen molar-refractivity contribution in [1.29, 1.82) is 0 Å². The Balaban J connectivity index is 1.57. The Morgan fingerprint density at radius 1 is 0.767 bits per heavy atom. The van der Waals surface area contributed by atoms with Gasteiger partial charge in [-0.2, -0.15) is 0 Å². The molecule has 1 aliphatic carbocycles. The Morgan fingerprint density at radius 2 is 1.37 bits per heavy atom. The van der Waals surface area contributed by atoms with Crippen molar-refractivity contribution in [1.82, 2.24) is 0 Å². The standard InChI is InChI=1S/C25H30F4O/c1-3-5-6-18-11-14-21(25(29)23(18)27)17-9-12-20(13-10-17)30-15-19-8-7-16(4-2)22(26)24(19)28/h7-8,11,14,17,20H,3-6,9-10,12-13,15H2,1-2H3. The molecule has 0 spiro atoms. The minimum atomic E-state index is -0.844. The summed E-state index contributed by atoms with van der Waals surface area (Å²) in [6.07, 6.45) is 5.39. The maximum atomic E-state index is 14.6. The second-order valence-electron chi connectivity index (χ2n) is 8.20. The Kier molecular flexibility index (Phi) is 7.93. The van der Waals surface area contributed by atoms with Crippen LogP contribution in [0.1, 0.15) is 80.5 Å². The summed E-state index contributed by atoms with van der Waals surface area (Å²) in [7, 11) is 0. The van der Waals surface area contributed by atoms with Crippen LogP contribution >= 0.6 is 0 Å². The lowest BCUT2D eigenvalue weighted by Gasteiger charge is -2.29. The van der Waals surface area contributed by atoms with E-state index in [1.807, 2.05) is 6.92 Å². The normalized spacial score (nSPS) is 19.3. The molecule has 0 amide bonds. The Labute approximate surface area is 176 Å². The number of ether oxygens (including phenoxy) is 1. The van der Waals surface area contributed by atoms with E-state index in [9.17, 15) is 17.6 Å². The van der Waals surface area contributed by atoms with Gasteiger partial charge in [-0.05, 0) is 67.6 Å². The summed E-state index contributed by atoms with van der Waals surface area (Å²) in [5.74, 6) is -3.13. The molecule has 1 aliphatic rings. The van der Waals surface area contributed by atoms with E-state index in [-0.39, 0.29) is 24.2 Å². The van der Waals surface area contributed by atoms with Gasteiger partial charge in [0.1, 0.15) is 0 Å². The van der Waals surface area contributed by atoms with Gasteiger partial charge >= 0.3 is 0 Å².